The zero-order valence-corrected chi connectivity index (χ0v) is 11.9. The van der Waals surface area contributed by atoms with Gasteiger partial charge in [-0.3, -0.25) is 4.79 Å². The maximum absolute atomic E-state index is 12.3. The SMILES string of the molecule is O=Cc1cc(/C=C/c2cccc(Cl)c2)cc(OC(F)(F)F)c1. The molecule has 0 radical (unpaired) electrons. The molecule has 22 heavy (non-hydrogen) atoms. The fourth-order valence-electron chi connectivity index (χ4n) is 1.81. The van der Waals surface area contributed by atoms with Crippen LogP contribution in [-0.2, 0) is 0 Å². The third kappa shape index (κ3) is 4.93. The van der Waals surface area contributed by atoms with Crippen LogP contribution >= 0.6 is 11.6 Å². The minimum absolute atomic E-state index is 0.0903. The molecule has 2 aromatic carbocycles. The van der Waals surface area contributed by atoms with Crippen LogP contribution in [0.25, 0.3) is 12.2 Å². The van der Waals surface area contributed by atoms with E-state index in [1.54, 1.807) is 36.4 Å². The lowest BCUT2D eigenvalue weighted by Crippen LogP contribution is -2.17. The predicted octanol–water partition coefficient (Wildman–Crippen LogP) is 5.22. The van der Waals surface area contributed by atoms with E-state index in [4.69, 9.17) is 11.6 Å². The lowest BCUT2D eigenvalue weighted by atomic mass is 10.1. The second-order valence-electron chi connectivity index (χ2n) is 4.39. The largest absolute Gasteiger partial charge is 0.573 e. The van der Waals surface area contributed by atoms with Crippen LogP contribution in [0.5, 0.6) is 5.75 Å². The summed E-state index contributed by atoms with van der Waals surface area (Å²) in [6.07, 6.45) is -1.11. The highest BCUT2D eigenvalue weighted by molar-refractivity contribution is 6.30. The first-order valence-electron chi connectivity index (χ1n) is 6.15. The summed E-state index contributed by atoms with van der Waals surface area (Å²) in [7, 11) is 0. The van der Waals surface area contributed by atoms with E-state index in [9.17, 15) is 18.0 Å². The number of benzene rings is 2. The number of hydrogen-bond acceptors (Lipinski definition) is 2. The zero-order valence-electron chi connectivity index (χ0n) is 11.1. The van der Waals surface area contributed by atoms with Crippen molar-refractivity contribution in [2.24, 2.45) is 0 Å². The molecule has 114 valence electrons. The van der Waals surface area contributed by atoms with E-state index in [1.165, 1.54) is 12.1 Å². The Bertz CT molecular complexity index is 709. The lowest BCUT2D eigenvalue weighted by molar-refractivity contribution is -0.274. The Morgan fingerprint density at radius 3 is 2.27 bits per heavy atom. The normalized spacial score (nSPS) is 11.6. The number of aldehydes is 1. The van der Waals surface area contributed by atoms with Crippen molar-refractivity contribution < 1.29 is 22.7 Å². The van der Waals surface area contributed by atoms with Crippen LogP contribution in [0.3, 0.4) is 0 Å². The van der Waals surface area contributed by atoms with Crippen LogP contribution in [0, 0.1) is 0 Å². The molecule has 0 N–H and O–H groups in total. The van der Waals surface area contributed by atoms with Crippen LogP contribution in [0.2, 0.25) is 5.02 Å². The second kappa shape index (κ2) is 6.66. The van der Waals surface area contributed by atoms with Crippen LogP contribution in [0.1, 0.15) is 21.5 Å². The van der Waals surface area contributed by atoms with Gasteiger partial charge in [-0.2, -0.15) is 0 Å². The smallest absolute Gasteiger partial charge is 0.406 e. The molecule has 0 heterocycles. The Labute approximate surface area is 129 Å². The molecule has 0 aliphatic carbocycles. The van der Waals surface area contributed by atoms with Gasteiger partial charge in [-0.15, -0.1) is 13.2 Å². The van der Waals surface area contributed by atoms with Crippen LogP contribution in [0.4, 0.5) is 13.2 Å². The van der Waals surface area contributed by atoms with Crippen LogP contribution in [0.15, 0.2) is 42.5 Å². The van der Waals surface area contributed by atoms with Gasteiger partial charge in [0.25, 0.3) is 0 Å². The Kier molecular flexibility index (Phi) is 4.88. The van der Waals surface area contributed by atoms with Crippen LogP contribution in [-0.4, -0.2) is 12.6 Å². The Hall–Kier alpha value is -2.27. The van der Waals surface area contributed by atoms with Gasteiger partial charge in [0.2, 0.25) is 0 Å². The lowest BCUT2D eigenvalue weighted by Gasteiger charge is -2.10. The zero-order chi connectivity index (χ0) is 16.2. The number of hydrogen-bond donors (Lipinski definition) is 0. The molecule has 0 spiro atoms. The fraction of sp³-hybridized carbons (Fsp3) is 0.0625. The molecule has 0 bridgehead atoms. The Balaban J connectivity index is 2.30. The summed E-state index contributed by atoms with van der Waals surface area (Å²) in [6, 6.07) is 10.6. The van der Waals surface area contributed by atoms with Crippen LogP contribution < -0.4 is 4.74 Å². The average Bonchev–Trinajstić information content (AvgIpc) is 2.43. The molecule has 0 aromatic heterocycles. The molecule has 0 aliphatic heterocycles. The highest BCUT2D eigenvalue weighted by atomic mass is 35.5. The quantitative estimate of drug-likeness (QED) is 0.568. The number of alkyl halides is 3. The summed E-state index contributed by atoms with van der Waals surface area (Å²) in [5, 5.41) is 0.546. The van der Waals surface area contributed by atoms with Crippen molar-refractivity contribution in [1.82, 2.24) is 0 Å². The summed E-state index contributed by atoms with van der Waals surface area (Å²) in [4.78, 5) is 10.8. The molecular weight excluding hydrogens is 317 g/mol. The molecule has 2 rings (SSSR count). The highest BCUT2D eigenvalue weighted by Gasteiger charge is 2.31. The molecule has 2 nitrogen and oxygen atoms in total. The number of halogens is 4. The first kappa shape index (κ1) is 16.1. The molecule has 6 heteroatoms. The van der Waals surface area contributed by atoms with E-state index >= 15 is 0 Å². The van der Waals surface area contributed by atoms with E-state index < -0.39 is 12.1 Å². The molecular formula is C16H10ClF3O2. The van der Waals surface area contributed by atoms with Crippen molar-refractivity contribution in [1.29, 1.82) is 0 Å². The molecule has 0 saturated carbocycles. The van der Waals surface area contributed by atoms with E-state index in [-0.39, 0.29) is 5.56 Å². The highest BCUT2D eigenvalue weighted by Crippen LogP contribution is 2.25. The van der Waals surface area contributed by atoms with Gasteiger partial charge in [0, 0.05) is 10.6 Å². The topological polar surface area (TPSA) is 26.3 Å². The fourth-order valence-corrected chi connectivity index (χ4v) is 2.00. The third-order valence-corrected chi connectivity index (χ3v) is 2.87. The summed E-state index contributed by atoms with van der Waals surface area (Å²) in [6.45, 7) is 0. The Morgan fingerprint density at radius 1 is 0.955 bits per heavy atom. The predicted molar refractivity (Wildman–Crippen MR) is 78.9 cm³/mol. The van der Waals surface area contributed by atoms with Crippen molar-refractivity contribution >= 4 is 30.0 Å². The molecule has 0 fully saturated rings. The standard InChI is InChI=1S/C16H10ClF3O2/c17-14-3-1-2-11(7-14)4-5-12-6-13(10-21)9-15(8-12)22-16(18,19)20/h1-10H/b5-4+. The van der Waals surface area contributed by atoms with E-state index in [0.717, 1.165) is 11.6 Å². The third-order valence-electron chi connectivity index (χ3n) is 2.64. The van der Waals surface area contributed by atoms with E-state index in [2.05, 4.69) is 4.74 Å². The molecule has 0 atom stereocenters. The number of carbonyl (C=O) groups is 1. The van der Waals surface area contributed by atoms with Gasteiger partial charge < -0.3 is 4.74 Å². The summed E-state index contributed by atoms with van der Waals surface area (Å²) in [5.74, 6) is -0.442. The molecule has 2 aromatic rings. The first-order valence-corrected chi connectivity index (χ1v) is 6.53. The summed E-state index contributed by atoms with van der Waals surface area (Å²) in [5.41, 5.74) is 1.28. The summed E-state index contributed by atoms with van der Waals surface area (Å²) < 4.78 is 40.6. The maximum Gasteiger partial charge on any atom is 0.573 e. The van der Waals surface area contributed by atoms with Crippen molar-refractivity contribution in [3.05, 3.63) is 64.2 Å². The van der Waals surface area contributed by atoms with Gasteiger partial charge in [0.05, 0.1) is 0 Å². The van der Waals surface area contributed by atoms with Crippen molar-refractivity contribution in [2.45, 2.75) is 6.36 Å². The molecule has 0 amide bonds. The van der Waals surface area contributed by atoms with Gasteiger partial charge in [-0.05, 0) is 41.5 Å². The summed E-state index contributed by atoms with van der Waals surface area (Å²) >= 11 is 5.85. The van der Waals surface area contributed by atoms with Gasteiger partial charge >= 0.3 is 6.36 Å². The first-order chi connectivity index (χ1) is 10.4. The molecule has 0 aliphatic rings. The van der Waals surface area contributed by atoms with Gasteiger partial charge in [-0.1, -0.05) is 35.9 Å². The molecule has 0 unspecified atom stereocenters. The van der Waals surface area contributed by atoms with Gasteiger partial charge in [0.1, 0.15) is 12.0 Å². The van der Waals surface area contributed by atoms with E-state index in [0.29, 0.717) is 16.9 Å². The second-order valence-corrected chi connectivity index (χ2v) is 4.83. The minimum atomic E-state index is -4.81. The van der Waals surface area contributed by atoms with E-state index in [1.807, 2.05) is 0 Å². The number of rotatable bonds is 4. The number of carbonyl (C=O) groups excluding carboxylic acids is 1. The van der Waals surface area contributed by atoms with Crippen molar-refractivity contribution in [3.63, 3.8) is 0 Å². The number of ether oxygens (including phenoxy) is 1. The molecule has 0 saturated heterocycles. The van der Waals surface area contributed by atoms with Gasteiger partial charge in [0.15, 0.2) is 0 Å². The minimum Gasteiger partial charge on any atom is -0.406 e. The monoisotopic (exact) mass is 326 g/mol. The van der Waals surface area contributed by atoms with Crippen molar-refractivity contribution in [3.8, 4) is 5.75 Å². The Morgan fingerprint density at radius 2 is 1.64 bits per heavy atom. The average molecular weight is 327 g/mol. The maximum atomic E-state index is 12.3. The van der Waals surface area contributed by atoms with Crippen molar-refractivity contribution in [2.75, 3.05) is 0 Å². The van der Waals surface area contributed by atoms with Gasteiger partial charge in [-0.25, -0.2) is 0 Å².